The van der Waals surface area contributed by atoms with Gasteiger partial charge in [0, 0.05) is 45.4 Å². The topological polar surface area (TPSA) is 51.6 Å². The highest BCUT2D eigenvalue weighted by Gasteiger charge is 2.19. The van der Waals surface area contributed by atoms with Crippen molar-refractivity contribution in [2.45, 2.75) is 0 Å². The van der Waals surface area contributed by atoms with Crippen molar-refractivity contribution >= 4 is 54.1 Å². The largest absolute Gasteiger partial charge is 0.256 e. The molecule has 12 rings (SSSR count). The van der Waals surface area contributed by atoms with Gasteiger partial charge in [-0.25, -0.2) is 9.97 Å². The van der Waals surface area contributed by atoms with Crippen molar-refractivity contribution in [2.24, 2.45) is 0 Å². The van der Waals surface area contributed by atoms with E-state index < -0.39 is 0 Å². The van der Waals surface area contributed by atoms with Gasteiger partial charge in [0.1, 0.15) is 0 Å². The predicted molar refractivity (Wildman–Crippen MR) is 258 cm³/mol. The Morgan fingerprint density at radius 1 is 0.242 bits per heavy atom. The van der Waals surface area contributed by atoms with Gasteiger partial charge in [0.05, 0.1) is 33.8 Å². The molecule has 0 spiro atoms. The maximum atomic E-state index is 5.67. The molecule has 0 fully saturated rings. The first-order valence-electron chi connectivity index (χ1n) is 20.9. The fourth-order valence-electron chi connectivity index (χ4n) is 9.06. The third-order valence-electron chi connectivity index (χ3n) is 12.2. The van der Waals surface area contributed by atoms with Gasteiger partial charge < -0.3 is 0 Å². The minimum atomic E-state index is 0.857. The highest BCUT2D eigenvalue weighted by Crippen LogP contribution is 2.42. The molecule has 0 saturated heterocycles. The van der Waals surface area contributed by atoms with Gasteiger partial charge in [0.15, 0.2) is 0 Å². The molecule has 0 aliphatic heterocycles. The molecular formula is C58H36N4. The van der Waals surface area contributed by atoms with E-state index in [1.165, 1.54) is 26.9 Å². The lowest BCUT2D eigenvalue weighted by Gasteiger charge is -2.17. The Morgan fingerprint density at radius 3 is 1.34 bits per heavy atom. The first-order chi connectivity index (χ1) is 30.7. The van der Waals surface area contributed by atoms with Crippen LogP contribution in [0.3, 0.4) is 0 Å². The molecule has 0 aliphatic carbocycles. The Balaban J connectivity index is 1.15. The number of nitrogens with zero attached hydrogens (tertiary/aromatic N) is 4. The molecule has 62 heavy (non-hydrogen) atoms. The number of hydrogen-bond acceptors (Lipinski definition) is 4. The number of benzene rings is 8. The average Bonchev–Trinajstić information content (AvgIpc) is 3.36. The lowest BCUT2D eigenvalue weighted by Crippen LogP contribution is -1.96. The monoisotopic (exact) mass is 788 g/mol. The SMILES string of the molecule is c1ccc(-c2ccc(-c3cc(-c4ccc5ccccc5c4)nc4c3ccc3c(-c5ccc(-c6ccccn6)cc5)cc(-c5cc6ccccc6c6ccccc56)nc34)cc2)nc1. The molecule has 0 aliphatic rings. The second-order valence-electron chi connectivity index (χ2n) is 15.8. The van der Waals surface area contributed by atoms with Crippen LogP contribution < -0.4 is 0 Å². The predicted octanol–water partition coefficient (Wildman–Crippen LogP) is 15.0. The summed E-state index contributed by atoms with van der Waals surface area (Å²) < 4.78 is 0. The summed E-state index contributed by atoms with van der Waals surface area (Å²) in [6.45, 7) is 0. The molecule has 0 bridgehead atoms. The lowest BCUT2D eigenvalue weighted by molar-refractivity contribution is 1.33. The minimum absolute atomic E-state index is 0.857. The van der Waals surface area contributed by atoms with Gasteiger partial charge in [-0.2, -0.15) is 0 Å². The quantitative estimate of drug-likeness (QED) is 0.158. The summed E-state index contributed by atoms with van der Waals surface area (Å²) in [5, 5.41) is 9.21. The Hall–Kier alpha value is -8.34. The average molecular weight is 789 g/mol. The van der Waals surface area contributed by atoms with E-state index >= 15 is 0 Å². The number of aromatic nitrogens is 4. The second kappa shape index (κ2) is 14.7. The lowest BCUT2D eigenvalue weighted by atomic mass is 9.91. The Kier molecular flexibility index (Phi) is 8.46. The summed E-state index contributed by atoms with van der Waals surface area (Å²) in [5.74, 6) is 0. The second-order valence-corrected chi connectivity index (χ2v) is 15.8. The van der Waals surface area contributed by atoms with E-state index in [2.05, 4.69) is 186 Å². The standard InChI is InChI=1S/C58H36N4/c1-2-12-42-33-44(28-19-37(42)11-1)55-35-50(38-20-24-40(25-21-38)53-17-7-9-31-59-53)48-29-30-49-51(39-22-26-41(27-23-39)54-18-8-10-32-60-54)36-56(62-58(49)57(48)61-55)52-34-43-13-3-4-14-45(43)46-15-5-6-16-47(46)52/h1-36H. The molecule has 4 heterocycles. The molecule has 0 saturated carbocycles. The maximum Gasteiger partial charge on any atom is 0.0978 e. The van der Waals surface area contributed by atoms with Crippen LogP contribution in [0.25, 0.3) is 121 Å². The number of pyridine rings is 4. The molecule has 4 heteroatoms. The molecular weight excluding hydrogens is 753 g/mol. The molecule has 0 amide bonds. The van der Waals surface area contributed by atoms with Gasteiger partial charge in [0.25, 0.3) is 0 Å². The van der Waals surface area contributed by atoms with Crippen molar-refractivity contribution < 1.29 is 0 Å². The van der Waals surface area contributed by atoms with Crippen molar-refractivity contribution in [2.75, 3.05) is 0 Å². The number of rotatable bonds is 6. The van der Waals surface area contributed by atoms with Crippen LogP contribution in [0.5, 0.6) is 0 Å². The highest BCUT2D eigenvalue weighted by atomic mass is 14.8. The first kappa shape index (κ1) is 35.6. The van der Waals surface area contributed by atoms with Crippen LogP contribution in [0.4, 0.5) is 0 Å². The smallest absolute Gasteiger partial charge is 0.0978 e. The summed E-state index contributed by atoms with van der Waals surface area (Å²) in [6, 6.07) is 73.2. The van der Waals surface area contributed by atoms with Crippen LogP contribution >= 0.6 is 0 Å². The maximum absolute atomic E-state index is 5.67. The number of hydrogen-bond donors (Lipinski definition) is 0. The van der Waals surface area contributed by atoms with Crippen molar-refractivity contribution in [3.05, 3.63) is 219 Å². The summed E-state index contributed by atoms with van der Waals surface area (Å²) in [5.41, 5.74) is 14.0. The van der Waals surface area contributed by atoms with E-state index in [9.17, 15) is 0 Å². The molecule has 12 aromatic rings. The van der Waals surface area contributed by atoms with Gasteiger partial charge in [-0.05, 0) is 103 Å². The van der Waals surface area contributed by atoms with E-state index in [0.29, 0.717) is 0 Å². The first-order valence-corrected chi connectivity index (χ1v) is 20.9. The zero-order valence-corrected chi connectivity index (χ0v) is 33.6. The minimum Gasteiger partial charge on any atom is -0.256 e. The fraction of sp³-hybridized carbons (Fsp3) is 0. The molecule has 0 radical (unpaired) electrons. The molecule has 0 N–H and O–H groups in total. The molecule has 8 aromatic carbocycles. The Labute approximate surface area is 358 Å². The highest BCUT2D eigenvalue weighted by molar-refractivity contribution is 6.16. The third kappa shape index (κ3) is 6.16. The van der Waals surface area contributed by atoms with Crippen molar-refractivity contribution in [3.8, 4) is 67.3 Å². The van der Waals surface area contributed by atoms with Crippen LogP contribution in [0.15, 0.2) is 219 Å². The van der Waals surface area contributed by atoms with Gasteiger partial charge in [-0.15, -0.1) is 0 Å². The van der Waals surface area contributed by atoms with Gasteiger partial charge in [-0.3, -0.25) is 9.97 Å². The summed E-state index contributed by atoms with van der Waals surface area (Å²) >= 11 is 0. The molecule has 0 atom stereocenters. The van der Waals surface area contributed by atoms with Crippen LogP contribution in [-0.4, -0.2) is 19.9 Å². The van der Waals surface area contributed by atoms with E-state index in [1.54, 1.807) is 0 Å². The van der Waals surface area contributed by atoms with E-state index in [-0.39, 0.29) is 0 Å². The van der Waals surface area contributed by atoms with Crippen LogP contribution in [-0.2, 0) is 0 Å². The number of fused-ring (bicyclic) bond motifs is 7. The normalized spacial score (nSPS) is 11.5. The van der Waals surface area contributed by atoms with Gasteiger partial charge in [-0.1, -0.05) is 158 Å². The summed E-state index contributed by atoms with van der Waals surface area (Å²) in [7, 11) is 0. The van der Waals surface area contributed by atoms with Crippen molar-refractivity contribution in [3.63, 3.8) is 0 Å². The Bertz CT molecular complexity index is 3660. The molecule has 288 valence electrons. The van der Waals surface area contributed by atoms with Gasteiger partial charge in [0.2, 0.25) is 0 Å². The van der Waals surface area contributed by atoms with E-state index in [4.69, 9.17) is 9.97 Å². The van der Waals surface area contributed by atoms with E-state index in [1.807, 2.05) is 42.7 Å². The molecule has 0 unspecified atom stereocenters. The van der Waals surface area contributed by atoms with Crippen LogP contribution in [0.2, 0.25) is 0 Å². The molecule has 4 aromatic heterocycles. The fourth-order valence-corrected chi connectivity index (χ4v) is 9.06. The van der Waals surface area contributed by atoms with Crippen LogP contribution in [0, 0.1) is 0 Å². The van der Waals surface area contributed by atoms with Crippen LogP contribution in [0.1, 0.15) is 0 Å². The van der Waals surface area contributed by atoms with Gasteiger partial charge >= 0.3 is 0 Å². The van der Waals surface area contributed by atoms with E-state index in [0.717, 1.165) is 94.5 Å². The molecule has 4 nitrogen and oxygen atoms in total. The van der Waals surface area contributed by atoms with Crippen molar-refractivity contribution in [1.29, 1.82) is 0 Å². The third-order valence-corrected chi connectivity index (χ3v) is 12.2. The zero-order valence-electron chi connectivity index (χ0n) is 33.6. The Morgan fingerprint density at radius 2 is 0.726 bits per heavy atom. The summed E-state index contributed by atoms with van der Waals surface area (Å²) in [6.07, 6.45) is 3.68. The van der Waals surface area contributed by atoms with Crippen molar-refractivity contribution in [1.82, 2.24) is 19.9 Å². The zero-order chi connectivity index (χ0) is 41.0. The summed E-state index contributed by atoms with van der Waals surface area (Å²) in [4.78, 5) is 20.5.